The minimum Gasteiger partial charge on any atom is -0.0921 e. The van der Waals surface area contributed by atoms with Gasteiger partial charge < -0.3 is 0 Å². The molecule has 1 heteroatoms. The molecule has 0 nitrogen and oxygen atoms in total. The minimum atomic E-state index is 0.632. The number of benzene rings is 1. The topological polar surface area (TPSA) is 0 Å². The van der Waals surface area contributed by atoms with E-state index in [1.54, 1.807) is 0 Å². The zero-order valence-corrected chi connectivity index (χ0v) is 10.8. The third-order valence-electron chi connectivity index (χ3n) is 2.75. The van der Waals surface area contributed by atoms with Crippen molar-refractivity contribution in [2.45, 2.75) is 39.0 Å². The Hall–Kier alpha value is -0.300. The second kappa shape index (κ2) is 5.55. The van der Waals surface area contributed by atoms with Crippen LogP contribution in [0.25, 0.3) is 0 Å². The third kappa shape index (κ3) is 2.84. The van der Waals surface area contributed by atoms with Crippen LogP contribution in [0.2, 0.25) is 0 Å². The van der Waals surface area contributed by atoms with Gasteiger partial charge >= 0.3 is 0 Å². The van der Waals surface area contributed by atoms with Crippen molar-refractivity contribution in [2.24, 2.45) is 0 Å². The number of alkyl halides is 1. The second-order valence-corrected chi connectivity index (χ2v) is 4.73. The highest BCUT2D eigenvalue weighted by atomic mass is 79.9. The van der Waals surface area contributed by atoms with Crippen molar-refractivity contribution in [1.29, 1.82) is 0 Å². The van der Waals surface area contributed by atoms with Crippen LogP contribution in [0.1, 0.15) is 50.2 Å². The van der Waals surface area contributed by atoms with Gasteiger partial charge in [0.2, 0.25) is 0 Å². The molecule has 0 aliphatic heterocycles. The van der Waals surface area contributed by atoms with Gasteiger partial charge in [0, 0.05) is 5.33 Å². The number of halogens is 1. The Balaban J connectivity index is 2.81. The molecule has 0 spiro atoms. The molecule has 0 saturated heterocycles. The van der Waals surface area contributed by atoms with Crippen molar-refractivity contribution in [3.8, 4) is 0 Å². The maximum atomic E-state index is 3.56. The highest BCUT2D eigenvalue weighted by Crippen LogP contribution is 2.23. The number of hydrogen-bond acceptors (Lipinski definition) is 0. The average molecular weight is 255 g/mol. The standard InChI is InChI=1S/C13H19Br/c1-4-11(9-14)13-7-5-12(6-8-13)10(2)3/h5-8,10-11H,4,9H2,1-3H3. The average Bonchev–Trinajstić information content (AvgIpc) is 2.20. The van der Waals surface area contributed by atoms with Crippen LogP contribution in [0.4, 0.5) is 0 Å². The summed E-state index contributed by atoms with van der Waals surface area (Å²) in [6.07, 6.45) is 1.20. The van der Waals surface area contributed by atoms with E-state index in [-0.39, 0.29) is 0 Å². The van der Waals surface area contributed by atoms with E-state index in [1.165, 1.54) is 17.5 Å². The molecule has 1 unspecified atom stereocenters. The van der Waals surface area contributed by atoms with Gasteiger partial charge in [-0.2, -0.15) is 0 Å². The van der Waals surface area contributed by atoms with Gasteiger partial charge in [-0.1, -0.05) is 61.0 Å². The molecule has 0 radical (unpaired) electrons. The van der Waals surface area contributed by atoms with E-state index in [0.717, 1.165) is 5.33 Å². The van der Waals surface area contributed by atoms with Gasteiger partial charge in [0.25, 0.3) is 0 Å². The predicted octanol–water partition coefficient (Wildman–Crippen LogP) is 4.70. The van der Waals surface area contributed by atoms with Crippen molar-refractivity contribution in [3.05, 3.63) is 35.4 Å². The smallest absolute Gasteiger partial charge is 0.0100 e. The van der Waals surface area contributed by atoms with Gasteiger partial charge in [-0.15, -0.1) is 0 Å². The lowest BCUT2D eigenvalue weighted by Gasteiger charge is -2.13. The molecule has 78 valence electrons. The van der Waals surface area contributed by atoms with Gasteiger partial charge in [-0.25, -0.2) is 0 Å². The summed E-state index contributed by atoms with van der Waals surface area (Å²) in [7, 11) is 0. The SMILES string of the molecule is CCC(CBr)c1ccc(C(C)C)cc1. The van der Waals surface area contributed by atoms with E-state index >= 15 is 0 Å². The summed E-state index contributed by atoms with van der Waals surface area (Å²) in [5, 5.41) is 1.06. The molecule has 0 bridgehead atoms. The van der Waals surface area contributed by atoms with Crippen LogP contribution in [-0.2, 0) is 0 Å². The Morgan fingerprint density at radius 3 is 1.93 bits per heavy atom. The fourth-order valence-corrected chi connectivity index (χ4v) is 2.42. The van der Waals surface area contributed by atoms with Crippen LogP contribution in [0.3, 0.4) is 0 Å². The monoisotopic (exact) mass is 254 g/mol. The van der Waals surface area contributed by atoms with Gasteiger partial charge in [-0.05, 0) is 29.4 Å². The maximum Gasteiger partial charge on any atom is 0.0100 e. The van der Waals surface area contributed by atoms with E-state index in [4.69, 9.17) is 0 Å². The molecule has 0 aliphatic rings. The van der Waals surface area contributed by atoms with Crippen LogP contribution in [0, 0.1) is 0 Å². The van der Waals surface area contributed by atoms with Crippen molar-refractivity contribution in [1.82, 2.24) is 0 Å². The Bertz CT molecular complexity index is 257. The molecule has 1 atom stereocenters. The van der Waals surface area contributed by atoms with Crippen LogP contribution in [0.15, 0.2) is 24.3 Å². The summed E-state index contributed by atoms with van der Waals surface area (Å²) in [5.41, 5.74) is 2.88. The summed E-state index contributed by atoms with van der Waals surface area (Å²) in [5.74, 6) is 1.30. The highest BCUT2D eigenvalue weighted by molar-refractivity contribution is 9.09. The van der Waals surface area contributed by atoms with Gasteiger partial charge in [0.1, 0.15) is 0 Å². The molecule has 14 heavy (non-hydrogen) atoms. The molecule has 1 rings (SSSR count). The minimum absolute atomic E-state index is 0.632. The van der Waals surface area contributed by atoms with Crippen molar-refractivity contribution < 1.29 is 0 Å². The molecule has 0 amide bonds. The molecule has 0 aliphatic carbocycles. The molecule has 1 aromatic carbocycles. The number of hydrogen-bond donors (Lipinski definition) is 0. The van der Waals surface area contributed by atoms with Crippen LogP contribution < -0.4 is 0 Å². The third-order valence-corrected chi connectivity index (χ3v) is 3.54. The van der Waals surface area contributed by atoms with E-state index in [1.807, 2.05) is 0 Å². The van der Waals surface area contributed by atoms with Gasteiger partial charge in [0.15, 0.2) is 0 Å². The second-order valence-electron chi connectivity index (χ2n) is 4.08. The summed E-state index contributed by atoms with van der Waals surface area (Å²) in [4.78, 5) is 0. The fraction of sp³-hybridized carbons (Fsp3) is 0.538. The summed E-state index contributed by atoms with van der Waals surface area (Å²) in [6.45, 7) is 6.70. The first kappa shape index (κ1) is 11.8. The van der Waals surface area contributed by atoms with E-state index < -0.39 is 0 Å². The normalized spacial score (nSPS) is 13.2. The quantitative estimate of drug-likeness (QED) is 0.684. The largest absolute Gasteiger partial charge is 0.0921 e. The van der Waals surface area contributed by atoms with E-state index in [2.05, 4.69) is 61.0 Å². The maximum absolute atomic E-state index is 3.56. The zero-order valence-electron chi connectivity index (χ0n) is 9.26. The molecular formula is C13H19Br. The predicted molar refractivity (Wildman–Crippen MR) is 67.4 cm³/mol. The van der Waals surface area contributed by atoms with Gasteiger partial charge in [-0.3, -0.25) is 0 Å². The molecule has 0 saturated carbocycles. The van der Waals surface area contributed by atoms with Crippen LogP contribution >= 0.6 is 15.9 Å². The fourth-order valence-electron chi connectivity index (χ4n) is 1.59. The zero-order chi connectivity index (χ0) is 10.6. The summed E-state index contributed by atoms with van der Waals surface area (Å²) >= 11 is 3.56. The van der Waals surface area contributed by atoms with E-state index in [9.17, 15) is 0 Å². The Labute approximate surface area is 95.9 Å². The lowest BCUT2D eigenvalue weighted by atomic mass is 9.95. The molecular weight excluding hydrogens is 236 g/mol. The highest BCUT2D eigenvalue weighted by Gasteiger charge is 2.07. The molecule has 0 fully saturated rings. The first-order valence-electron chi connectivity index (χ1n) is 5.34. The molecule has 0 N–H and O–H groups in total. The van der Waals surface area contributed by atoms with Crippen molar-refractivity contribution in [2.75, 3.05) is 5.33 Å². The van der Waals surface area contributed by atoms with Crippen LogP contribution in [0.5, 0.6) is 0 Å². The molecule has 0 aromatic heterocycles. The van der Waals surface area contributed by atoms with Gasteiger partial charge in [0.05, 0.1) is 0 Å². The lowest BCUT2D eigenvalue weighted by molar-refractivity contribution is 0.747. The lowest BCUT2D eigenvalue weighted by Crippen LogP contribution is -1.98. The Morgan fingerprint density at radius 1 is 1.07 bits per heavy atom. The van der Waals surface area contributed by atoms with Crippen molar-refractivity contribution >= 4 is 15.9 Å². The summed E-state index contributed by atoms with van der Waals surface area (Å²) in [6, 6.07) is 9.05. The Kier molecular flexibility index (Phi) is 4.67. The molecule has 0 heterocycles. The van der Waals surface area contributed by atoms with Crippen LogP contribution in [-0.4, -0.2) is 5.33 Å². The number of rotatable bonds is 4. The molecule has 1 aromatic rings. The van der Waals surface area contributed by atoms with Crippen molar-refractivity contribution in [3.63, 3.8) is 0 Å². The Morgan fingerprint density at radius 2 is 1.57 bits per heavy atom. The summed E-state index contributed by atoms with van der Waals surface area (Å²) < 4.78 is 0. The first-order valence-corrected chi connectivity index (χ1v) is 6.47. The first-order chi connectivity index (χ1) is 6.69. The van der Waals surface area contributed by atoms with E-state index in [0.29, 0.717) is 11.8 Å².